The Morgan fingerprint density at radius 2 is 2.38 bits per heavy atom. The van der Waals surface area contributed by atoms with E-state index in [1.807, 2.05) is 0 Å². The number of aromatic nitrogens is 1. The fourth-order valence-corrected chi connectivity index (χ4v) is 1.77. The van der Waals surface area contributed by atoms with Gasteiger partial charge >= 0.3 is 0 Å². The van der Waals surface area contributed by atoms with Crippen LogP contribution < -0.4 is 10.6 Å². The Hall–Kier alpha value is -1.49. The van der Waals surface area contributed by atoms with Crippen LogP contribution in [-0.4, -0.2) is 23.5 Å². The Bertz CT molecular complexity index is 377. The summed E-state index contributed by atoms with van der Waals surface area (Å²) in [5, 5.41) is 5.72. The van der Waals surface area contributed by atoms with Crippen LogP contribution in [0.2, 0.25) is 0 Å². The third-order valence-electron chi connectivity index (χ3n) is 2.59. The van der Waals surface area contributed by atoms with Crippen molar-refractivity contribution < 1.29 is 9.18 Å². The summed E-state index contributed by atoms with van der Waals surface area (Å²) in [4.78, 5) is 15.3. The molecule has 1 atom stereocenters. The van der Waals surface area contributed by atoms with Crippen LogP contribution in [0, 0.1) is 5.95 Å². The summed E-state index contributed by atoms with van der Waals surface area (Å²) in [5.74, 6) is -0.468. The summed E-state index contributed by atoms with van der Waals surface area (Å²) >= 11 is 0. The van der Waals surface area contributed by atoms with Crippen LogP contribution in [0.15, 0.2) is 18.2 Å². The molecule has 16 heavy (non-hydrogen) atoms. The van der Waals surface area contributed by atoms with Gasteiger partial charge in [-0.15, -0.1) is 0 Å². The average molecular weight is 223 g/mol. The largest absolute Gasteiger partial charge is 0.309 e. The van der Waals surface area contributed by atoms with Crippen molar-refractivity contribution in [3.63, 3.8) is 0 Å². The molecule has 1 aliphatic heterocycles. The Kier molecular flexibility index (Phi) is 3.46. The molecule has 1 unspecified atom stereocenters. The topological polar surface area (TPSA) is 54.0 Å². The second-order valence-corrected chi connectivity index (χ2v) is 3.84. The summed E-state index contributed by atoms with van der Waals surface area (Å²) in [5.41, 5.74) is 0. The number of hydrogen-bond donors (Lipinski definition) is 2. The fourth-order valence-electron chi connectivity index (χ4n) is 1.77. The van der Waals surface area contributed by atoms with Crippen molar-refractivity contribution in [2.24, 2.45) is 0 Å². The van der Waals surface area contributed by atoms with E-state index in [2.05, 4.69) is 15.6 Å². The maximum atomic E-state index is 12.8. The van der Waals surface area contributed by atoms with E-state index < -0.39 is 5.95 Å². The van der Waals surface area contributed by atoms with Gasteiger partial charge in [0.2, 0.25) is 11.9 Å². The lowest BCUT2D eigenvalue weighted by molar-refractivity contribution is -0.118. The summed E-state index contributed by atoms with van der Waals surface area (Å²) in [6.45, 7) is 0.856. The smallest absolute Gasteiger partial charge is 0.242 e. The summed E-state index contributed by atoms with van der Waals surface area (Å²) in [6.07, 6.45) is 2.96. The van der Waals surface area contributed by atoms with Gasteiger partial charge in [0.15, 0.2) is 0 Å². The predicted octanol–water partition coefficient (Wildman–Crippen LogP) is 1.30. The lowest BCUT2D eigenvalue weighted by Crippen LogP contribution is -2.43. The monoisotopic (exact) mass is 223 g/mol. The third-order valence-corrected chi connectivity index (χ3v) is 2.59. The molecule has 0 aliphatic carbocycles. The molecule has 0 bridgehead atoms. The Labute approximate surface area is 93.3 Å². The molecule has 86 valence electrons. The fraction of sp³-hybridized carbons (Fsp3) is 0.455. The van der Waals surface area contributed by atoms with E-state index in [1.165, 1.54) is 12.1 Å². The highest BCUT2D eigenvalue weighted by Gasteiger charge is 2.20. The van der Waals surface area contributed by atoms with Crippen LogP contribution in [-0.2, 0) is 4.79 Å². The molecule has 2 rings (SSSR count). The number of nitrogens with zero attached hydrogens (tertiary/aromatic N) is 1. The highest BCUT2D eigenvalue weighted by molar-refractivity contribution is 5.94. The van der Waals surface area contributed by atoms with Gasteiger partial charge in [-0.2, -0.15) is 4.39 Å². The van der Waals surface area contributed by atoms with Gasteiger partial charge in [-0.1, -0.05) is 12.5 Å². The third kappa shape index (κ3) is 2.76. The molecule has 2 N–H and O–H groups in total. The first kappa shape index (κ1) is 11.0. The number of amides is 1. The van der Waals surface area contributed by atoms with Gasteiger partial charge in [-0.25, -0.2) is 4.98 Å². The Morgan fingerprint density at radius 1 is 1.50 bits per heavy atom. The van der Waals surface area contributed by atoms with Crippen molar-refractivity contribution in [1.82, 2.24) is 10.3 Å². The van der Waals surface area contributed by atoms with Crippen molar-refractivity contribution in [3.05, 3.63) is 24.1 Å². The van der Waals surface area contributed by atoms with Crippen molar-refractivity contribution in [2.45, 2.75) is 25.3 Å². The van der Waals surface area contributed by atoms with Crippen LogP contribution in [0.5, 0.6) is 0 Å². The molecule has 1 fully saturated rings. The van der Waals surface area contributed by atoms with Crippen LogP contribution in [0.4, 0.5) is 10.2 Å². The Morgan fingerprint density at radius 3 is 3.06 bits per heavy atom. The van der Waals surface area contributed by atoms with E-state index in [0.717, 1.165) is 25.8 Å². The normalized spacial score (nSPS) is 20.4. The second-order valence-electron chi connectivity index (χ2n) is 3.84. The number of rotatable bonds is 2. The maximum Gasteiger partial charge on any atom is 0.242 e. The highest BCUT2D eigenvalue weighted by Crippen LogP contribution is 2.10. The highest BCUT2D eigenvalue weighted by atomic mass is 19.1. The minimum absolute atomic E-state index is 0.141. The number of halogens is 1. The van der Waals surface area contributed by atoms with E-state index in [4.69, 9.17) is 0 Å². The molecular weight excluding hydrogens is 209 g/mol. The van der Waals surface area contributed by atoms with Crippen LogP contribution in [0.1, 0.15) is 19.3 Å². The van der Waals surface area contributed by atoms with Crippen LogP contribution in [0.25, 0.3) is 0 Å². The van der Waals surface area contributed by atoms with E-state index in [1.54, 1.807) is 6.07 Å². The zero-order chi connectivity index (χ0) is 11.4. The van der Waals surface area contributed by atoms with Gasteiger partial charge in [0.25, 0.3) is 0 Å². The van der Waals surface area contributed by atoms with Crippen LogP contribution in [0.3, 0.4) is 0 Å². The average Bonchev–Trinajstić information content (AvgIpc) is 2.30. The molecule has 1 amide bonds. The second kappa shape index (κ2) is 5.03. The van der Waals surface area contributed by atoms with Crippen molar-refractivity contribution in [3.8, 4) is 0 Å². The number of pyridine rings is 1. The van der Waals surface area contributed by atoms with E-state index >= 15 is 0 Å². The van der Waals surface area contributed by atoms with Crippen molar-refractivity contribution in [2.75, 3.05) is 11.9 Å². The lowest BCUT2D eigenvalue weighted by atomic mass is 10.0. The molecule has 0 aromatic carbocycles. The molecular formula is C11H14FN3O. The molecule has 2 heterocycles. The van der Waals surface area contributed by atoms with Crippen LogP contribution >= 0.6 is 0 Å². The van der Waals surface area contributed by atoms with E-state index in [-0.39, 0.29) is 17.8 Å². The minimum Gasteiger partial charge on any atom is -0.309 e. The van der Waals surface area contributed by atoms with E-state index in [9.17, 15) is 9.18 Å². The molecule has 1 saturated heterocycles. The first-order valence-corrected chi connectivity index (χ1v) is 5.42. The Balaban J connectivity index is 1.96. The summed E-state index contributed by atoms with van der Waals surface area (Å²) in [6, 6.07) is 4.16. The van der Waals surface area contributed by atoms with Gasteiger partial charge in [0.1, 0.15) is 5.82 Å². The SMILES string of the molecule is O=C(Nc1cccc(F)n1)C1CCCCN1. The standard InChI is InChI=1S/C11H14FN3O/c12-9-5-3-6-10(14-9)15-11(16)8-4-1-2-7-13-8/h3,5-6,8,13H,1-2,4,7H2,(H,14,15,16). The molecule has 1 aromatic heterocycles. The van der Waals surface area contributed by atoms with Gasteiger partial charge < -0.3 is 10.6 Å². The van der Waals surface area contributed by atoms with E-state index in [0.29, 0.717) is 0 Å². The number of nitrogens with one attached hydrogen (secondary N) is 2. The first-order chi connectivity index (χ1) is 7.75. The van der Waals surface area contributed by atoms with Crippen molar-refractivity contribution in [1.29, 1.82) is 0 Å². The predicted molar refractivity (Wildman–Crippen MR) is 58.5 cm³/mol. The molecule has 0 spiro atoms. The van der Waals surface area contributed by atoms with Gasteiger partial charge in [-0.05, 0) is 31.5 Å². The lowest BCUT2D eigenvalue weighted by Gasteiger charge is -2.22. The number of piperidine rings is 1. The number of carbonyl (C=O) groups is 1. The number of carbonyl (C=O) groups excluding carboxylic acids is 1. The molecule has 1 aromatic rings. The van der Waals surface area contributed by atoms with Gasteiger partial charge in [0, 0.05) is 0 Å². The summed E-state index contributed by atoms with van der Waals surface area (Å²) < 4.78 is 12.8. The zero-order valence-electron chi connectivity index (χ0n) is 8.87. The molecule has 5 heteroatoms. The van der Waals surface area contributed by atoms with Gasteiger partial charge in [0.05, 0.1) is 6.04 Å². The summed E-state index contributed by atoms with van der Waals surface area (Å²) in [7, 11) is 0. The first-order valence-electron chi connectivity index (χ1n) is 5.42. The molecule has 1 aliphatic rings. The quantitative estimate of drug-likeness (QED) is 0.743. The number of anilines is 1. The number of hydrogen-bond acceptors (Lipinski definition) is 3. The molecule has 0 radical (unpaired) electrons. The zero-order valence-corrected chi connectivity index (χ0v) is 8.87. The minimum atomic E-state index is -0.589. The molecule has 0 saturated carbocycles. The van der Waals surface area contributed by atoms with Crippen molar-refractivity contribution >= 4 is 11.7 Å². The maximum absolute atomic E-state index is 12.8. The molecule has 4 nitrogen and oxygen atoms in total. The van der Waals surface area contributed by atoms with Gasteiger partial charge in [-0.3, -0.25) is 4.79 Å².